The molecular formula is C12H18N2O3S. The van der Waals surface area contributed by atoms with E-state index < -0.39 is 5.97 Å². The van der Waals surface area contributed by atoms with Crippen LogP contribution < -0.4 is 4.90 Å². The summed E-state index contributed by atoms with van der Waals surface area (Å²) in [5.41, 5.74) is 0.682. The molecule has 0 spiro atoms. The van der Waals surface area contributed by atoms with Crippen LogP contribution in [0.4, 0.5) is 5.13 Å². The Balaban J connectivity index is 2.28. The van der Waals surface area contributed by atoms with Crippen molar-refractivity contribution in [3.8, 4) is 0 Å². The van der Waals surface area contributed by atoms with Crippen molar-refractivity contribution >= 4 is 22.4 Å². The Morgan fingerprint density at radius 1 is 1.61 bits per heavy atom. The third-order valence-corrected chi connectivity index (χ3v) is 4.01. The fourth-order valence-electron chi connectivity index (χ4n) is 1.99. The molecule has 1 atom stereocenters. The highest BCUT2D eigenvalue weighted by molar-refractivity contribution is 7.17. The van der Waals surface area contributed by atoms with Gasteiger partial charge in [-0.15, -0.1) is 0 Å². The van der Waals surface area contributed by atoms with Gasteiger partial charge in [-0.1, -0.05) is 25.2 Å². The molecule has 0 aliphatic carbocycles. The monoisotopic (exact) mass is 270 g/mol. The van der Waals surface area contributed by atoms with E-state index in [0.717, 1.165) is 18.2 Å². The van der Waals surface area contributed by atoms with E-state index in [0.29, 0.717) is 17.2 Å². The Bertz CT molecular complexity index is 445. The van der Waals surface area contributed by atoms with Crippen molar-refractivity contribution in [3.05, 3.63) is 10.6 Å². The van der Waals surface area contributed by atoms with Crippen LogP contribution in [0.15, 0.2) is 0 Å². The van der Waals surface area contributed by atoms with Crippen molar-refractivity contribution in [2.75, 3.05) is 24.6 Å². The highest BCUT2D eigenvalue weighted by Crippen LogP contribution is 2.31. The van der Waals surface area contributed by atoms with Crippen molar-refractivity contribution in [1.29, 1.82) is 0 Å². The highest BCUT2D eigenvalue weighted by Gasteiger charge is 2.25. The van der Waals surface area contributed by atoms with Crippen molar-refractivity contribution in [2.24, 2.45) is 0 Å². The van der Waals surface area contributed by atoms with E-state index in [1.54, 1.807) is 0 Å². The number of rotatable bonds is 3. The number of morpholine rings is 1. The summed E-state index contributed by atoms with van der Waals surface area (Å²) in [6, 6.07) is 0. The molecule has 1 fully saturated rings. The van der Waals surface area contributed by atoms with E-state index in [2.05, 4.69) is 9.88 Å². The third kappa shape index (κ3) is 2.64. The highest BCUT2D eigenvalue weighted by atomic mass is 32.1. The summed E-state index contributed by atoms with van der Waals surface area (Å²) in [4.78, 5) is 18.2. The lowest BCUT2D eigenvalue weighted by Crippen LogP contribution is -2.41. The van der Waals surface area contributed by atoms with Crippen LogP contribution in [0.5, 0.6) is 0 Å². The van der Waals surface area contributed by atoms with Gasteiger partial charge in [-0.05, 0) is 12.8 Å². The van der Waals surface area contributed by atoms with Crippen LogP contribution in [0.3, 0.4) is 0 Å². The number of thiazole rings is 1. The molecular weight excluding hydrogens is 252 g/mol. The molecule has 100 valence electrons. The number of anilines is 1. The van der Waals surface area contributed by atoms with E-state index in [9.17, 15) is 9.90 Å². The predicted octanol–water partition coefficient (Wildman–Crippen LogP) is 2.19. The molecule has 1 aliphatic rings. The van der Waals surface area contributed by atoms with Gasteiger partial charge in [-0.2, -0.15) is 0 Å². The Morgan fingerprint density at radius 3 is 2.83 bits per heavy atom. The SMILES string of the molecule is CC1CN(c2nc(C(C)C)c(C(=O)O)s2)CCO1. The molecule has 0 aromatic carbocycles. The minimum Gasteiger partial charge on any atom is -0.477 e. The van der Waals surface area contributed by atoms with Gasteiger partial charge in [0.2, 0.25) is 0 Å². The molecule has 18 heavy (non-hydrogen) atoms. The smallest absolute Gasteiger partial charge is 0.347 e. The normalized spacial score (nSPS) is 20.4. The molecule has 0 amide bonds. The molecule has 1 saturated heterocycles. The zero-order valence-electron chi connectivity index (χ0n) is 10.8. The second-order valence-electron chi connectivity index (χ2n) is 4.80. The fourth-order valence-corrected chi connectivity index (χ4v) is 3.09. The van der Waals surface area contributed by atoms with Gasteiger partial charge < -0.3 is 14.7 Å². The third-order valence-electron chi connectivity index (χ3n) is 2.89. The minimum absolute atomic E-state index is 0.125. The van der Waals surface area contributed by atoms with E-state index in [1.807, 2.05) is 20.8 Å². The van der Waals surface area contributed by atoms with Gasteiger partial charge in [-0.3, -0.25) is 0 Å². The number of carbonyl (C=O) groups is 1. The molecule has 0 radical (unpaired) electrons. The molecule has 1 aromatic heterocycles. The zero-order valence-corrected chi connectivity index (χ0v) is 11.7. The standard InChI is InChI=1S/C12H18N2O3S/c1-7(2)9-10(11(15)16)18-12(13-9)14-4-5-17-8(3)6-14/h7-8H,4-6H2,1-3H3,(H,15,16). The maximum absolute atomic E-state index is 11.2. The second-order valence-corrected chi connectivity index (χ2v) is 5.78. The van der Waals surface area contributed by atoms with Gasteiger partial charge in [-0.25, -0.2) is 9.78 Å². The van der Waals surface area contributed by atoms with Crippen LogP contribution in [0.2, 0.25) is 0 Å². The number of carboxylic acid groups (broad SMARTS) is 1. The van der Waals surface area contributed by atoms with Crippen LogP contribution in [-0.4, -0.2) is 41.9 Å². The maximum Gasteiger partial charge on any atom is 0.347 e. The van der Waals surface area contributed by atoms with Crippen molar-refractivity contribution < 1.29 is 14.6 Å². The summed E-state index contributed by atoms with van der Waals surface area (Å²) in [6.45, 7) is 8.15. The topological polar surface area (TPSA) is 62.7 Å². The number of aromatic carboxylic acids is 1. The van der Waals surface area contributed by atoms with Crippen molar-refractivity contribution in [1.82, 2.24) is 4.98 Å². The van der Waals surface area contributed by atoms with E-state index in [4.69, 9.17) is 4.74 Å². The first-order chi connectivity index (χ1) is 8.49. The lowest BCUT2D eigenvalue weighted by Gasteiger charge is -2.30. The summed E-state index contributed by atoms with van der Waals surface area (Å²) < 4.78 is 5.48. The summed E-state index contributed by atoms with van der Waals surface area (Å²) in [6.07, 6.45) is 0.165. The van der Waals surface area contributed by atoms with Gasteiger partial charge in [0.15, 0.2) is 5.13 Å². The summed E-state index contributed by atoms with van der Waals surface area (Å²) in [5, 5.41) is 10.0. The molecule has 5 nitrogen and oxygen atoms in total. The average molecular weight is 270 g/mol. The molecule has 2 heterocycles. The molecule has 6 heteroatoms. The lowest BCUT2D eigenvalue weighted by atomic mass is 10.1. The molecule has 1 aromatic rings. The van der Waals surface area contributed by atoms with Crippen LogP contribution >= 0.6 is 11.3 Å². The number of hydrogen-bond donors (Lipinski definition) is 1. The molecule has 1 unspecified atom stereocenters. The fraction of sp³-hybridized carbons (Fsp3) is 0.667. The quantitative estimate of drug-likeness (QED) is 0.912. The maximum atomic E-state index is 11.2. The largest absolute Gasteiger partial charge is 0.477 e. The Morgan fingerprint density at radius 2 is 2.33 bits per heavy atom. The Kier molecular flexibility index (Phi) is 3.87. The van der Waals surface area contributed by atoms with Crippen LogP contribution in [0, 0.1) is 0 Å². The zero-order chi connectivity index (χ0) is 13.3. The predicted molar refractivity (Wildman–Crippen MR) is 70.8 cm³/mol. The average Bonchev–Trinajstić information content (AvgIpc) is 2.73. The van der Waals surface area contributed by atoms with E-state index in [1.165, 1.54) is 11.3 Å². The molecule has 0 saturated carbocycles. The van der Waals surface area contributed by atoms with Crippen LogP contribution in [0.1, 0.15) is 42.1 Å². The summed E-state index contributed by atoms with van der Waals surface area (Å²) in [7, 11) is 0. The first kappa shape index (κ1) is 13.3. The van der Waals surface area contributed by atoms with Crippen molar-refractivity contribution in [2.45, 2.75) is 32.8 Å². The molecule has 0 bridgehead atoms. The molecule has 1 aliphatic heterocycles. The lowest BCUT2D eigenvalue weighted by molar-refractivity contribution is 0.0532. The molecule has 1 N–H and O–H groups in total. The first-order valence-corrected chi connectivity index (χ1v) is 6.91. The minimum atomic E-state index is -0.885. The van der Waals surface area contributed by atoms with Crippen LogP contribution in [0.25, 0.3) is 0 Å². The van der Waals surface area contributed by atoms with Crippen LogP contribution in [-0.2, 0) is 4.74 Å². The number of hydrogen-bond acceptors (Lipinski definition) is 5. The van der Waals surface area contributed by atoms with Gasteiger partial charge in [0, 0.05) is 13.1 Å². The van der Waals surface area contributed by atoms with E-state index in [-0.39, 0.29) is 12.0 Å². The van der Waals surface area contributed by atoms with E-state index >= 15 is 0 Å². The summed E-state index contributed by atoms with van der Waals surface area (Å²) in [5.74, 6) is -0.761. The molecule has 2 rings (SSSR count). The first-order valence-electron chi connectivity index (χ1n) is 6.09. The van der Waals surface area contributed by atoms with Gasteiger partial charge in [0.05, 0.1) is 18.4 Å². The summed E-state index contributed by atoms with van der Waals surface area (Å²) >= 11 is 1.26. The van der Waals surface area contributed by atoms with Crippen molar-refractivity contribution in [3.63, 3.8) is 0 Å². The number of nitrogens with zero attached hydrogens (tertiary/aromatic N) is 2. The van der Waals surface area contributed by atoms with Gasteiger partial charge in [0.1, 0.15) is 4.88 Å². The number of ether oxygens (including phenoxy) is 1. The second kappa shape index (κ2) is 5.24. The Hall–Kier alpha value is -1.14. The van der Waals surface area contributed by atoms with Gasteiger partial charge >= 0.3 is 5.97 Å². The number of carboxylic acids is 1. The Labute approximate surface area is 110 Å². The van der Waals surface area contributed by atoms with Gasteiger partial charge in [0.25, 0.3) is 0 Å². The number of aromatic nitrogens is 1.